The van der Waals surface area contributed by atoms with Crippen molar-refractivity contribution >= 4 is 17.5 Å². The maximum Gasteiger partial charge on any atom is 0.222 e. The van der Waals surface area contributed by atoms with Crippen LogP contribution in [0.2, 0.25) is 5.02 Å². The first-order valence-corrected chi connectivity index (χ1v) is 8.35. The summed E-state index contributed by atoms with van der Waals surface area (Å²) in [5, 5.41) is 3.82. The van der Waals surface area contributed by atoms with E-state index in [4.69, 9.17) is 16.3 Å². The topological polar surface area (TPSA) is 41.6 Å². The SMILES string of the molecule is CC[C@H](C)C(=O)NC[C@@H](c1ccccc1Cl)N1CCOCC1. The van der Waals surface area contributed by atoms with Gasteiger partial charge in [-0.1, -0.05) is 43.6 Å². The van der Waals surface area contributed by atoms with Gasteiger partial charge in [-0.3, -0.25) is 9.69 Å². The summed E-state index contributed by atoms with van der Waals surface area (Å²) in [6.07, 6.45) is 0.847. The van der Waals surface area contributed by atoms with Crippen LogP contribution >= 0.6 is 11.6 Å². The summed E-state index contributed by atoms with van der Waals surface area (Å²) >= 11 is 6.37. The van der Waals surface area contributed by atoms with Gasteiger partial charge >= 0.3 is 0 Å². The third kappa shape index (κ3) is 4.45. The van der Waals surface area contributed by atoms with E-state index in [9.17, 15) is 4.79 Å². The molecule has 2 rings (SSSR count). The average molecular weight is 325 g/mol. The molecule has 0 radical (unpaired) electrons. The van der Waals surface area contributed by atoms with E-state index >= 15 is 0 Å². The molecule has 1 N–H and O–H groups in total. The Hall–Kier alpha value is -1.10. The number of hydrogen-bond acceptors (Lipinski definition) is 3. The number of benzene rings is 1. The molecule has 4 nitrogen and oxygen atoms in total. The second-order valence-corrected chi connectivity index (χ2v) is 6.15. The molecular weight excluding hydrogens is 300 g/mol. The molecule has 1 amide bonds. The van der Waals surface area contributed by atoms with Crippen LogP contribution in [-0.2, 0) is 9.53 Å². The molecule has 0 saturated carbocycles. The molecule has 2 atom stereocenters. The Bertz CT molecular complexity index is 489. The van der Waals surface area contributed by atoms with Gasteiger partial charge < -0.3 is 10.1 Å². The molecule has 1 fully saturated rings. The van der Waals surface area contributed by atoms with Crippen LogP contribution in [-0.4, -0.2) is 43.7 Å². The van der Waals surface area contributed by atoms with E-state index in [0.29, 0.717) is 6.54 Å². The fourth-order valence-corrected chi connectivity index (χ4v) is 2.89. The lowest BCUT2D eigenvalue weighted by Crippen LogP contribution is -2.44. The number of carbonyl (C=O) groups is 1. The Balaban J connectivity index is 2.11. The maximum absolute atomic E-state index is 12.1. The Kier molecular flexibility index (Phi) is 6.68. The average Bonchev–Trinajstić information content (AvgIpc) is 2.56. The van der Waals surface area contributed by atoms with Crippen molar-refractivity contribution in [3.8, 4) is 0 Å². The van der Waals surface area contributed by atoms with E-state index < -0.39 is 0 Å². The molecule has 0 spiro atoms. The number of morpholine rings is 1. The summed E-state index contributed by atoms with van der Waals surface area (Å²) in [6, 6.07) is 7.95. The lowest BCUT2D eigenvalue weighted by Gasteiger charge is -2.35. The number of nitrogens with one attached hydrogen (secondary N) is 1. The van der Waals surface area contributed by atoms with Crippen molar-refractivity contribution < 1.29 is 9.53 Å². The zero-order valence-electron chi connectivity index (χ0n) is 13.3. The molecule has 122 valence electrons. The molecule has 0 bridgehead atoms. The van der Waals surface area contributed by atoms with Gasteiger partial charge in [0.1, 0.15) is 0 Å². The van der Waals surface area contributed by atoms with Crippen LogP contribution in [0.5, 0.6) is 0 Å². The summed E-state index contributed by atoms with van der Waals surface area (Å²) < 4.78 is 5.44. The highest BCUT2D eigenvalue weighted by atomic mass is 35.5. The predicted octanol–water partition coefficient (Wildman–Crippen LogP) is 2.88. The van der Waals surface area contributed by atoms with Crippen LogP contribution in [0.15, 0.2) is 24.3 Å². The number of halogens is 1. The zero-order chi connectivity index (χ0) is 15.9. The van der Waals surface area contributed by atoms with Gasteiger partial charge in [0, 0.05) is 30.6 Å². The van der Waals surface area contributed by atoms with Gasteiger partial charge in [0.2, 0.25) is 5.91 Å². The van der Waals surface area contributed by atoms with Crippen LogP contribution in [0.1, 0.15) is 31.9 Å². The molecule has 0 aliphatic carbocycles. The van der Waals surface area contributed by atoms with Crippen molar-refractivity contribution in [2.75, 3.05) is 32.8 Å². The minimum atomic E-state index is 0.0385. The number of hydrogen-bond donors (Lipinski definition) is 1. The summed E-state index contributed by atoms with van der Waals surface area (Å²) in [4.78, 5) is 14.4. The summed E-state index contributed by atoms with van der Waals surface area (Å²) in [5.74, 6) is 0.143. The van der Waals surface area contributed by atoms with E-state index in [1.165, 1.54) is 0 Å². The van der Waals surface area contributed by atoms with Crippen LogP contribution in [0.25, 0.3) is 0 Å². The van der Waals surface area contributed by atoms with Crippen molar-refractivity contribution in [3.63, 3.8) is 0 Å². The smallest absolute Gasteiger partial charge is 0.222 e. The highest BCUT2D eigenvalue weighted by Crippen LogP contribution is 2.27. The second kappa shape index (κ2) is 8.51. The number of amides is 1. The molecule has 1 aliphatic rings. The molecule has 1 aromatic rings. The number of rotatable bonds is 6. The molecule has 0 aromatic heterocycles. The van der Waals surface area contributed by atoms with E-state index in [1.807, 2.05) is 38.1 Å². The minimum absolute atomic E-state index is 0.0385. The first kappa shape index (κ1) is 17.3. The zero-order valence-corrected chi connectivity index (χ0v) is 14.1. The van der Waals surface area contributed by atoms with Gasteiger partial charge in [-0.15, -0.1) is 0 Å². The van der Waals surface area contributed by atoms with Gasteiger partial charge in [-0.25, -0.2) is 0 Å². The molecule has 1 aromatic carbocycles. The van der Waals surface area contributed by atoms with Gasteiger partial charge in [0.05, 0.1) is 19.3 Å². The van der Waals surface area contributed by atoms with E-state index in [2.05, 4.69) is 10.2 Å². The Labute approximate surface area is 137 Å². The monoisotopic (exact) mass is 324 g/mol. The van der Waals surface area contributed by atoms with Crippen molar-refractivity contribution in [1.29, 1.82) is 0 Å². The molecule has 0 unspecified atom stereocenters. The van der Waals surface area contributed by atoms with Crippen LogP contribution < -0.4 is 5.32 Å². The van der Waals surface area contributed by atoms with Crippen molar-refractivity contribution in [2.24, 2.45) is 5.92 Å². The first-order chi connectivity index (χ1) is 10.6. The van der Waals surface area contributed by atoms with Crippen LogP contribution in [0.4, 0.5) is 0 Å². The highest BCUT2D eigenvalue weighted by Gasteiger charge is 2.25. The second-order valence-electron chi connectivity index (χ2n) is 5.74. The number of carbonyl (C=O) groups excluding carboxylic acids is 1. The largest absolute Gasteiger partial charge is 0.379 e. The Morgan fingerprint density at radius 1 is 1.36 bits per heavy atom. The molecule has 22 heavy (non-hydrogen) atoms. The third-order valence-electron chi connectivity index (χ3n) is 4.28. The fraction of sp³-hybridized carbons (Fsp3) is 0.588. The molecule has 1 saturated heterocycles. The van der Waals surface area contributed by atoms with Crippen molar-refractivity contribution in [2.45, 2.75) is 26.3 Å². The van der Waals surface area contributed by atoms with Gasteiger partial charge in [0.25, 0.3) is 0 Å². The normalized spacial score (nSPS) is 18.7. The standard InChI is InChI=1S/C17H25ClN2O2/c1-3-13(2)17(21)19-12-16(20-8-10-22-11-9-20)14-6-4-5-7-15(14)18/h4-7,13,16H,3,8-12H2,1-2H3,(H,19,21)/t13-,16-/m0/s1. The highest BCUT2D eigenvalue weighted by molar-refractivity contribution is 6.31. The lowest BCUT2D eigenvalue weighted by atomic mass is 10.0. The van der Waals surface area contributed by atoms with Crippen molar-refractivity contribution in [1.82, 2.24) is 10.2 Å². The van der Waals surface area contributed by atoms with E-state index in [0.717, 1.165) is 43.3 Å². The molecule has 1 aliphatic heterocycles. The first-order valence-electron chi connectivity index (χ1n) is 7.97. The lowest BCUT2D eigenvalue weighted by molar-refractivity contribution is -0.124. The summed E-state index contributed by atoms with van der Waals surface area (Å²) in [7, 11) is 0. The van der Waals surface area contributed by atoms with Crippen LogP contribution in [0, 0.1) is 5.92 Å². The fourth-order valence-electron chi connectivity index (χ4n) is 2.63. The Morgan fingerprint density at radius 2 is 2.05 bits per heavy atom. The quantitative estimate of drug-likeness (QED) is 0.875. The van der Waals surface area contributed by atoms with Crippen LogP contribution in [0.3, 0.4) is 0 Å². The molecular formula is C17H25ClN2O2. The summed E-state index contributed by atoms with van der Waals surface area (Å²) in [5.41, 5.74) is 1.07. The Morgan fingerprint density at radius 3 is 2.68 bits per heavy atom. The number of nitrogens with zero attached hydrogens (tertiary/aromatic N) is 1. The number of ether oxygens (including phenoxy) is 1. The molecule has 5 heteroatoms. The maximum atomic E-state index is 12.1. The predicted molar refractivity (Wildman–Crippen MR) is 89.0 cm³/mol. The molecule has 1 heterocycles. The summed E-state index contributed by atoms with van der Waals surface area (Å²) in [6.45, 7) is 7.71. The third-order valence-corrected chi connectivity index (χ3v) is 4.62. The van der Waals surface area contributed by atoms with Gasteiger partial charge in [-0.2, -0.15) is 0 Å². The van der Waals surface area contributed by atoms with Crippen molar-refractivity contribution in [3.05, 3.63) is 34.9 Å². The van der Waals surface area contributed by atoms with E-state index in [-0.39, 0.29) is 17.9 Å². The minimum Gasteiger partial charge on any atom is -0.379 e. The van der Waals surface area contributed by atoms with Gasteiger partial charge in [0.15, 0.2) is 0 Å². The van der Waals surface area contributed by atoms with E-state index in [1.54, 1.807) is 0 Å². The van der Waals surface area contributed by atoms with Gasteiger partial charge in [-0.05, 0) is 18.1 Å².